The molecule has 0 spiro atoms. The van der Waals surface area contributed by atoms with Gasteiger partial charge in [-0.3, -0.25) is 4.79 Å². The number of hydrogen-bond donors (Lipinski definition) is 0. The SMILES string of the molecule is C[C@@H]1C(=O)OC[C@H]1I. The minimum Gasteiger partial charge on any atom is -0.464 e. The van der Waals surface area contributed by atoms with E-state index < -0.39 is 0 Å². The van der Waals surface area contributed by atoms with Crippen LogP contribution in [0.25, 0.3) is 0 Å². The fraction of sp³-hybridized carbons (Fsp3) is 0.800. The molecule has 3 heteroatoms. The van der Waals surface area contributed by atoms with E-state index in [1.165, 1.54) is 0 Å². The van der Waals surface area contributed by atoms with Crippen molar-refractivity contribution in [3.05, 3.63) is 0 Å². The number of esters is 1. The minimum atomic E-state index is -0.0515. The van der Waals surface area contributed by atoms with Crippen molar-refractivity contribution in [2.45, 2.75) is 10.8 Å². The van der Waals surface area contributed by atoms with Crippen LogP contribution in [0, 0.1) is 5.92 Å². The summed E-state index contributed by atoms with van der Waals surface area (Å²) in [6.45, 7) is 2.49. The molecule has 0 radical (unpaired) electrons. The summed E-state index contributed by atoms with van der Waals surface area (Å²) in [5.41, 5.74) is 0. The summed E-state index contributed by atoms with van der Waals surface area (Å²) >= 11 is 2.23. The van der Waals surface area contributed by atoms with Crippen LogP contribution in [-0.4, -0.2) is 16.5 Å². The Morgan fingerprint density at radius 1 is 1.88 bits per heavy atom. The second-order valence-corrected chi connectivity index (χ2v) is 3.53. The van der Waals surface area contributed by atoms with Crippen molar-refractivity contribution in [2.24, 2.45) is 5.92 Å². The lowest BCUT2D eigenvalue weighted by atomic mass is 10.1. The van der Waals surface area contributed by atoms with Crippen LogP contribution in [-0.2, 0) is 9.53 Å². The maximum Gasteiger partial charge on any atom is 0.309 e. The van der Waals surface area contributed by atoms with E-state index in [4.69, 9.17) is 4.74 Å². The standard InChI is InChI=1S/C5H7IO2/c1-3-4(6)2-8-5(3)7/h3-4H,2H2,1H3/t3-,4+/m0/s1. The highest BCUT2D eigenvalue weighted by Gasteiger charge is 2.30. The molecule has 1 fully saturated rings. The number of carbonyl (C=O) groups excluding carboxylic acids is 1. The molecule has 0 bridgehead atoms. The molecule has 1 saturated heterocycles. The molecule has 0 saturated carbocycles. The van der Waals surface area contributed by atoms with Crippen LogP contribution in [0.2, 0.25) is 0 Å². The Morgan fingerprint density at radius 3 is 2.62 bits per heavy atom. The second-order valence-electron chi connectivity index (χ2n) is 1.93. The summed E-state index contributed by atoms with van der Waals surface area (Å²) in [5.74, 6) is 0.0556. The van der Waals surface area contributed by atoms with Gasteiger partial charge in [-0.25, -0.2) is 0 Å². The number of carbonyl (C=O) groups is 1. The maximum atomic E-state index is 10.6. The smallest absolute Gasteiger partial charge is 0.309 e. The molecule has 0 unspecified atom stereocenters. The molecule has 8 heavy (non-hydrogen) atoms. The number of cyclic esters (lactones) is 1. The lowest BCUT2D eigenvalue weighted by Gasteiger charge is -1.96. The van der Waals surface area contributed by atoms with Crippen molar-refractivity contribution in [2.75, 3.05) is 6.61 Å². The van der Waals surface area contributed by atoms with Crippen molar-refractivity contribution in [1.29, 1.82) is 0 Å². The Labute approximate surface area is 61.7 Å². The third-order valence-electron chi connectivity index (χ3n) is 1.30. The third-order valence-corrected chi connectivity index (χ3v) is 2.74. The molecule has 0 aromatic heterocycles. The van der Waals surface area contributed by atoms with E-state index in [2.05, 4.69) is 22.6 Å². The summed E-state index contributed by atoms with van der Waals surface area (Å²) in [4.78, 5) is 10.6. The third kappa shape index (κ3) is 0.962. The lowest BCUT2D eigenvalue weighted by Crippen LogP contribution is -2.09. The van der Waals surface area contributed by atoms with Gasteiger partial charge >= 0.3 is 5.97 Å². The molecular formula is C5H7IO2. The molecule has 1 heterocycles. The summed E-state index contributed by atoms with van der Waals surface area (Å²) in [6, 6.07) is 0. The van der Waals surface area contributed by atoms with E-state index in [9.17, 15) is 4.79 Å². The first-order valence-electron chi connectivity index (χ1n) is 2.52. The van der Waals surface area contributed by atoms with Crippen molar-refractivity contribution in [1.82, 2.24) is 0 Å². The molecular weight excluding hydrogens is 219 g/mol. The van der Waals surface area contributed by atoms with Gasteiger partial charge in [0.25, 0.3) is 0 Å². The van der Waals surface area contributed by atoms with Crippen molar-refractivity contribution in [3.8, 4) is 0 Å². The summed E-state index contributed by atoms with van der Waals surface area (Å²) in [6.07, 6.45) is 0. The predicted octanol–water partition coefficient (Wildman–Crippen LogP) is 0.983. The molecule has 0 N–H and O–H groups in total. The van der Waals surface area contributed by atoms with E-state index in [1.54, 1.807) is 0 Å². The van der Waals surface area contributed by atoms with Crippen LogP contribution in [0.4, 0.5) is 0 Å². The molecule has 1 rings (SSSR count). The van der Waals surface area contributed by atoms with Crippen molar-refractivity contribution >= 4 is 28.6 Å². The van der Waals surface area contributed by atoms with Crippen LogP contribution in [0.15, 0.2) is 0 Å². The van der Waals surface area contributed by atoms with Gasteiger partial charge in [0.05, 0.1) is 9.84 Å². The van der Waals surface area contributed by atoms with Crippen LogP contribution in [0.1, 0.15) is 6.92 Å². The molecule has 0 aliphatic carbocycles. The van der Waals surface area contributed by atoms with Gasteiger partial charge in [-0.2, -0.15) is 0 Å². The fourth-order valence-electron chi connectivity index (χ4n) is 0.585. The van der Waals surface area contributed by atoms with Gasteiger partial charge in [0.2, 0.25) is 0 Å². The molecule has 1 aliphatic rings. The highest BCUT2D eigenvalue weighted by molar-refractivity contribution is 14.1. The van der Waals surface area contributed by atoms with Crippen molar-refractivity contribution in [3.63, 3.8) is 0 Å². The van der Waals surface area contributed by atoms with Crippen LogP contribution in [0.3, 0.4) is 0 Å². The van der Waals surface area contributed by atoms with Gasteiger partial charge in [0.1, 0.15) is 6.61 Å². The quantitative estimate of drug-likeness (QED) is 0.349. The molecule has 2 atom stereocenters. The van der Waals surface area contributed by atoms with E-state index >= 15 is 0 Å². The average molecular weight is 226 g/mol. The number of alkyl halides is 1. The average Bonchev–Trinajstić information content (AvgIpc) is 1.98. The van der Waals surface area contributed by atoms with Crippen molar-refractivity contribution < 1.29 is 9.53 Å². The molecule has 1 aliphatic heterocycles. The van der Waals surface area contributed by atoms with Gasteiger partial charge in [0.15, 0.2) is 0 Å². The van der Waals surface area contributed by atoms with E-state index in [-0.39, 0.29) is 11.9 Å². The van der Waals surface area contributed by atoms with E-state index in [0.29, 0.717) is 10.5 Å². The maximum absolute atomic E-state index is 10.6. The van der Waals surface area contributed by atoms with Crippen LogP contribution < -0.4 is 0 Å². The number of halogens is 1. The molecule has 0 amide bonds. The molecule has 2 nitrogen and oxygen atoms in total. The fourth-order valence-corrected chi connectivity index (χ4v) is 1.06. The highest BCUT2D eigenvalue weighted by atomic mass is 127. The summed E-state index contributed by atoms with van der Waals surface area (Å²) < 4.78 is 5.12. The number of hydrogen-bond acceptors (Lipinski definition) is 2. The normalized spacial score (nSPS) is 37.5. The highest BCUT2D eigenvalue weighted by Crippen LogP contribution is 2.21. The zero-order valence-corrected chi connectivity index (χ0v) is 6.71. The summed E-state index contributed by atoms with van der Waals surface area (Å²) in [5, 5.41) is 0. The van der Waals surface area contributed by atoms with E-state index in [0.717, 1.165) is 0 Å². The Balaban J connectivity index is 2.56. The van der Waals surface area contributed by atoms with Gasteiger partial charge in [0, 0.05) is 0 Å². The molecule has 46 valence electrons. The lowest BCUT2D eigenvalue weighted by molar-refractivity contribution is -0.140. The Morgan fingerprint density at radius 2 is 2.50 bits per heavy atom. The molecule has 0 aromatic rings. The summed E-state index contributed by atoms with van der Waals surface area (Å²) in [7, 11) is 0. The molecule has 0 aromatic carbocycles. The topological polar surface area (TPSA) is 26.3 Å². The largest absolute Gasteiger partial charge is 0.464 e. The van der Waals surface area contributed by atoms with Gasteiger partial charge < -0.3 is 4.74 Å². The Bertz CT molecular complexity index is 113. The number of ether oxygens (including phenoxy) is 1. The van der Waals surface area contributed by atoms with Gasteiger partial charge in [-0.15, -0.1) is 0 Å². The second kappa shape index (κ2) is 2.21. The van der Waals surface area contributed by atoms with Crippen LogP contribution >= 0.6 is 22.6 Å². The van der Waals surface area contributed by atoms with Gasteiger partial charge in [-0.05, 0) is 0 Å². The zero-order chi connectivity index (χ0) is 6.15. The first-order chi connectivity index (χ1) is 3.72. The Kier molecular flexibility index (Phi) is 1.74. The first-order valence-corrected chi connectivity index (χ1v) is 3.77. The number of rotatable bonds is 0. The monoisotopic (exact) mass is 226 g/mol. The minimum absolute atomic E-state index is 0.0515. The van der Waals surface area contributed by atoms with E-state index in [1.807, 2.05) is 6.92 Å². The van der Waals surface area contributed by atoms with Crippen LogP contribution in [0.5, 0.6) is 0 Å². The first kappa shape index (κ1) is 6.32. The predicted molar refractivity (Wildman–Crippen MR) is 37.9 cm³/mol. The Hall–Kier alpha value is 0.200. The van der Waals surface area contributed by atoms with Gasteiger partial charge in [-0.1, -0.05) is 29.5 Å². The zero-order valence-electron chi connectivity index (χ0n) is 4.56.